The highest BCUT2D eigenvalue weighted by atomic mass is 16.5. The lowest BCUT2D eigenvalue weighted by Gasteiger charge is -2.29. The molecule has 3 aromatic heterocycles. The van der Waals surface area contributed by atoms with E-state index in [4.69, 9.17) is 9.62 Å². The number of fused-ring (bicyclic) bond motifs is 1. The third-order valence-corrected chi connectivity index (χ3v) is 5.35. The third-order valence-electron chi connectivity index (χ3n) is 5.35. The van der Waals surface area contributed by atoms with Crippen LogP contribution in [0.5, 0.6) is 0 Å². The monoisotopic (exact) mass is 354 g/mol. The van der Waals surface area contributed by atoms with E-state index in [9.17, 15) is 0 Å². The van der Waals surface area contributed by atoms with Crippen LogP contribution in [-0.2, 0) is 0 Å². The quantitative estimate of drug-likeness (QED) is 0.703. The molecule has 0 bridgehead atoms. The number of aromatic nitrogens is 6. The van der Waals surface area contributed by atoms with Gasteiger partial charge in [0.15, 0.2) is 17.3 Å². The van der Waals surface area contributed by atoms with Crippen molar-refractivity contribution in [2.45, 2.75) is 38.5 Å². The van der Waals surface area contributed by atoms with Gasteiger partial charge in [0.1, 0.15) is 5.82 Å². The lowest BCUT2D eigenvalue weighted by Crippen LogP contribution is -2.33. The molecule has 136 valence electrons. The van der Waals surface area contributed by atoms with E-state index in [2.05, 4.69) is 36.2 Å². The van der Waals surface area contributed by atoms with Gasteiger partial charge in [0.25, 0.3) is 0 Å². The van der Waals surface area contributed by atoms with Gasteiger partial charge in [-0.3, -0.25) is 0 Å². The number of nitrogens with zero attached hydrogens (tertiary/aromatic N) is 8. The second kappa shape index (κ2) is 6.22. The van der Waals surface area contributed by atoms with Crippen molar-refractivity contribution in [3.05, 3.63) is 23.8 Å². The van der Waals surface area contributed by atoms with Gasteiger partial charge in [0.2, 0.25) is 0 Å². The number of anilines is 2. The molecule has 2 aliphatic rings. The van der Waals surface area contributed by atoms with Crippen molar-refractivity contribution in [2.75, 3.05) is 36.0 Å². The summed E-state index contributed by atoms with van der Waals surface area (Å²) in [5, 5.41) is 17.5. The van der Waals surface area contributed by atoms with Crippen LogP contribution in [0, 0.1) is 6.92 Å². The Hall–Kier alpha value is -2.71. The zero-order chi connectivity index (χ0) is 17.5. The maximum absolute atomic E-state index is 5.29. The van der Waals surface area contributed by atoms with Crippen LogP contribution in [0.15, 0.2) is 16.7 Å². The first-order valence-corrected chi connectivity index (χ1v) is 9.30. The summed E-state index contributed by atoms with van der Waals surface area (Å²) in [6, 6.07) is 4.69. The minimum absolute atomic E-state index is 0.339. The molecule has 2 fully saturated rings. The zero-order valence-corrected chi connectivity index (χ0v) is 14.9. The lowest BCUT2D eigenvalue weighted by molar-refractivity contribution is 0.386. The van der Waals surface area contributed by atoms with Crippen LogP contribution in [0.3, 0.4) is 0 Å². The molecule has 0 amide bonds. The van der Waals surface area contributed by atoms with Gasteiger partial charge >= 0.3 is 6.01 Å². The van der Waals surface area contributed by atoms with Gasteiger partial charge in [-0.25, -0.2) is 0 Å². The number of rotatable bonds is 3. The van der Waals surface area contributed by atoms with E-state index in [0.717, 1.165) is 56.3 Å². The van der Waals surface area contributed by atoms with Crippen LogP contribution >= 0.6 is 0 Å². The third kappa shape index (κ3) is 2.67. The fraction of sp³-hybridized carbons (Fsp3) is 0.588. The van der Waals surface area contributed by atoms with Crippen molar-refractivity contribution < 1.29 is 4.52 Å². The zero-order valence-electron chi connectivity index (χ0n) is 14.9. The predicted octanol–water partition coefficient (Wildman–Crippen LogP) is 1.80. The second-order valence-electron chi connectivity index (χ2n) is 7.10. The summed E-state index contributed by atoms with van der Waals surface area (Å²) in [6.07, 6.45) is 4.42. The molecule has 0 aromatic carbocycles. The van der Waals surface area contributed by atoms with Gasteiger partial charge in [-0.15, -0.1) is 15.3 Å². The van der Waals surface area contributed by atoms with Crippen molar-refractivity contribution in [1.82, 2.24) is 30.0 Å². The smallest absolute Gasteiger partial charge is 0.324 e. The van der Waals surface area contributed by atoms with E-state index in [1.54, 1.807) is 0 Å². The first-order valence-electron chi connectivity index (χ1n) is 9.30. The predicted molar refractivity (Wildman–Crippen MR) is 95.5 cm³/mol. The molecule has 0 aliphatic carbocycles. The Morgan fingerprint density at radius 2 is 1.81 bits per heavy atom. The first-order chi connectivity index (χ1) is 12.8. The van der Waals surface area contributed by atoms with Crippen molar-refractivity contribution in [2.24, 2.45) is 0 Å². The van der Waals surface area contributed by atoms with Gasteiger partial charge in [-0.05, 0) is 44.7 Å². The van der Waals surface area contributed by atoms with E-state index >= 15 is 0 Å². The normalized spacial score (nSPS) is 19.0. The number of hydrogen-bond acceptors (Lipinski definition) is 8. The SMILES string of the molecule is Cc1noc(N2CCC(c3nnc4ccc(N5CCCC5)nn34)CC2)n1. The number of piperidine rings is 1. The van der Waals surface area contributed by atoms with E-state index in [0.29, 0.717) is 17.8 Å². The molecule has 0 N–H and O–H groups in total. The van der Waals surface area contributed by atoms with Gasteiger partial charge in [-0.2, -0.15) is 9.50 Å². The van der Waals surface area contributed by atoms with E-state index in [-0.39, 0.29) is 0 Å². The van der Waals surface area contributed by atoms with Gasteiger partial charge < -0.3 is 14.3 Å². The van der Waals surface area contributed by atoms with Gasteiger partial charge in [0.05, 0.1) is 0 Å². The standard InChI is InChI=1S/C17H22N8O/c1-12-18-17(26-22-12)24-10-6-13(7-11-24)16-20-19-14-4-5-15(21-25(14)16)23-8-2-3-9-23/h4-5,13H,2-3,6-11H2,1H3. The van der Waals surface area contributed by atoms with Crippen molar-refractivity contribution >= 4 is 17.5 Å². The molecule has 9 nitrogen and oxygen atoms in total. The average Bonchev–Trinajstić information content (AvgIpc) is 3.42. The Kier molecular flexibility index (Phi) is 3.72. The minimum Gasteiger partial charge on any atom is -0.355 e. The summed E-state index contributed by atoms with van der Waals surface area (Å²) < 4.78 is 7.22. The van der Waals surface area contributed by atoms with E-state index in [1.165, 1.54) is 12.8 Å². The molecule has 0 saturated carbocycles. The molecule has 5 rings (SSSR count). The minimum atomic E-state index is 0.339. The Morgan fingerprint density at radius 1 is 1.00 bits per heavy atom. The maximum Gasteiger partial charge on any atom is 0.324 e. The molecule has 0 radical (unpaired) electrons. The topological polar surface area (TPSA) is 88.5 Å². The summed E-state index contributed by atoms with van der Waals surface area (Å²) in [5.74, 6) is 2.99. The van der Waals surface area contributed by atoms with Gasteiger partial charge in [0, 0.05) is 32.1 Å². The molecule has 2 aliphatic heterocycles. The fourth-order valence-electron chi connectivity index (χ4n) is 3.91. The average molecular weight is 354 g/mol. The highest BCUT2D eigenvalue weighted by molar-refractivity contribution is 5.46. The highest BCUT2D eigenvalue weighted by Gasteiger charge is 2.27. The molecule has 3 aromatic rings. The van der Waals surface area contributed by atoms with Crippen LogP contribution in [0.25, 0.3) is 5.65 Å². The van der Waals surface area contributed by atoms with Crippen LogP contribution in [0.2, 0.25) is 0 Å². The molecule has 0 spiro atoms. The summed E-state index contributed by atoms with van der Waals surface area (Å²) in [6.45, 7) is 5.74. The summed E-state index contributed by atoms with van der Waals surface area (Å²) >= 11 is 0. The highest BCUT2D eigenvalue weighted by Crippen LogP contribution is 2.29. The Balaban J connectivity index is 1.36. The van der Waals surface area contributed by atoms with Gasteiger partial charge in [-0.1, -0.05) is 5.16 Å². The molecule has 26 heavy (non-hydrogen) atoms. The lowest BCUT2D eigenvalue weighted by atomic mass is 9.96. The maximum atomic E-state index is 5.29. The Labute approximate surface area is 151 Å². The number of aryl methyl sites for hydroxylation is 1. The van der Waals surface area contributed by atoms with E-state index < -0.39 is 0 Å². The molecule has 2 saturated heterocycles. The molecule has 9 heteroatoms. The first kappa shape index (κ1) is 15.5. The van der Waals surface area contributed by atoms with Crippen LogP contribution in [-0.4, -0.2) is 56.1 Å². The molecular weight excluding hydrogens is 332 g/mol. The van der Waals surface area contributed by atoms with E-state index in [1.807, 2.05) is 17.5 Å². The van der Waals surface area contributed by atoms with Crippen LogP contribution in [0.1, 0.15) is 43.3 Å². The Morgan fingerprint density at radius 3 is 2.54 bits per heavy atom. The largest absolute Gasteiger partial charge is 0.355 e. The molecule has 5 heterocycles. The summed E-state index contributed by atoms with van der Waals surface area (Å²) in [4.78, 5) is 8.80. The second-order valence-corrected chi connectivity index (χ2v) is 7.10. The molecule has 0 unspecified atom stereocenters. The molecule has 0 atom stereocenters. The van der Waals surface area contributed by atoms with Crippen LogP contribution in [0.4, 0.5) is 11.8 Å². The van der Waals surface area contributed by atoms with Crippen molar-refractivity contribution in [3.63, 3.8) is 0 Å². The molecular formula is C17H22N8O. The summed E-state index contributed by atoms with van der Waals surface area (Å²) in [7, 11) is 0. The number of hydrogen-bond donors (Lipinski definition) is 0. The fourth-order valence-corrected chi connectivity index (χ4v) is 3.91. The van der Waals surface area contributed by atoms with Crippen molar-refractivity contribution in [3.8, 4) is 0 Å². The van der Waals surface area contributed by atoms with Crippen LogP contribution < -0.4 is 9.80 Å². The Bertz CT molecular complexity index is 905. The van der Waals surface area contributed by atoms with Crippen molar-refractivity contribution in [1.29, 1.82) is 0 Å². The summed E-state index contributed by atoms with van der Waals surface area (Å²) in [5.41, 5.74) is 0.818.